The van der Waals surface area contributed by atoms with E-state index in [4.69, 9.17) is 0 Å². The minimum atomic E-state index is -3.86. The van der Waals surface area contributed by atoms with Gasteiger partial charge in [-0.25, -0.2) is 8.42 Å². The molecular formula is C23H26N2O4S. The molecule has 2 aliphatic rings. The first-order chi connectivity index (χ1) is 14.4. The molecule has 2 unspecified atom stereocenters. The van der Waals surface area contributed by atoms with E-state index in [-0.39, 0.29) is 35.1 Å². The monoisotopic (exact) mass is 426 g/mol. The average molecular weight is 427 g/mol. The fourth-order valence-corrected chi connectivity index (χ4v) is 6.35. The van der Waals surface area contributed by atoms with E-state index in [1.807, 2.05) is 6.07 Å². The normalized spacial score (nSPS) is 21.6. The standard InChI is InChI=1S/C23H26N2O4S/c1-3-24(17-9-5-4-6-10-17)30(28,29)21-15-18(14-13-16(21)2)25-22(26)19-11-7-8-12-20(19)23(25)27/h4-6,9-10,13-15,19-20H,3,7-8,11-12H2,1-2H3. The van der Waals surface area contributed by atoms with Gasteiger partial charge in [-0.2, -0.15) is 0 Å². The molecule has 1 aliphatic heterocycles. The second-order valence-electron chi connectivity index (χ2n) is 7.96. The number of hydrogen-bond donors (Lipinski definition) is 0. The zero-order valence-corrected chi connectivity index (χ0v) is 18.1. The molecule has 0 N–H and O–H groups in total. The van der Waals surface area contributed by atoms with Gasteiger partial charge >= 0.3 is 0 Å². The first-order valence-corrected chi connectivity index (χ1v) is 11.9. The number of nitrogens with zero attached hydrogens (tertiary/aromatic N) is 2. The van der Waals surface area contributed by atoms with Crippen LogP contribution in [0.4, 0.5) is 11.4 Å². The second-order valence-corrected chi connectivity index (χ2v) is 9.80. The maximum absolute atomic E-state index is 13.5. The Balaban J connectivity index is 1.75. The summed E-state index contributed by atoms with van der Waals surface area (Å²) in [4.78, 5) is 27.2. The Kier molecular flexibility index (Phi) is 5.40. The smallest absolute Gasteiger partial charge is 0.264 e. The van der Waals surface area contributed by atoms with Gasteiger partial charge in [-0.05, 0) is 56.5 Å². The van der Waals surface area contributed by atoms with E-state index in [1.165, 1.54) is 15.3 Å². The molecule has 0 bridgehead atoms. The van der Waals surface area contributed by atoms with Crippen LogP contribution in [0.3, 0.4) is 0 Å². The van der Waals surface area contributed by atoms with Crippen molar-refractivity contribution < 1.29 is 18.0 Å². The van der Waals surface area contributed by atoms with Gasteiger partial charge in [-0.15, -0.1) is 0 Å². The maximum atomic E-state index is 13.5. The Morgan fingerprint density at radius 1 is 0.967 bits per heavy atom. The van der Waals surface area contributed by atoms with E-state index >= 15 is 0 Å². The van der Waals surface area contributed by atoms with Gasteiger partial charge in [0, 0.05) is 6.54 Å². The lowest BCUT2D eigenvalue weighted by Crippen LogP contribution is -2.33. The summed E-state index contributed by atoms with van der Waals surface area (Å²) in [5, 5.41) is 0. The minimum absolute atomic E-state index is 0.112. The van der Waals surface area contributed by atoms with Crippen LogP contribution in [0, 0.1) is 18.8 Å². The van der Waals surface area contributed by atoms with E-state index in [1.54, 1.807) is 50.2 Å². The molecule has 7 heteroatoms. The van der Waals surface area contributed by atoms with Crippen LogP contribution in [0.5, 0.6) is 0 Å². The molecular weight excluding hydrogens is 400 g/mol. The summed E-state index contributed by atoms with van der Waals surface area (Å²) in [5.74, 6) is -0.951. The minimum Gasteiger partial charge on any atom is -0.274 e. The Morgan fingerprint density at radius 3 is 2.13 bits per heavy atom. The summed E-state index contributed by atoms with van der Waals surface area (Å²) in [7, 11) is -3.86. The molecule has 1 saturated heterocycles. The number of benzene rings is 2. The number of hydrogen-bond acceptors (Lipinski definition) is 4. The largest absolute Gasteiger partial charge is 0.274 e. The summed E-state index contributed by atoms with van der Waals surface area (Å²) in [6.45, 7) is 3.77. The fourth-order valence-electron chi connectivity index (χ4n) is 4.63. The van der Waals surface area contributed by atoms with Crippen molar-refractivity contribution in [2.45, 2.75) is 44.4 Å². The SMILES string of the molecule is CCN(c1ccccc1)S(=O)(=O)c1cc(N2C(=O)C3CCCCC3C2=O)ccc1C. The van der Waals surface area contributed by atoms with Crippen LogP contribution >= 0.6 is 0 Å². The molecule has 0 radical (unpaired) electrons. The summed E-state index contributed by atoms with van der Waals surface area (Å²) in [6, 6.07) is 13.7. The summed E-state index contributed by atoms with van der Waals surface area (Å²) in [6.07, 6.45) is 3.34. The van der Waals surface area contributed by atoms with Gasteiger partial charge in [0.2, 0.25) is 11.8 Å². The van der Waals surface area contributed by atoms with Crippen LogP contribution in [0.1, 0.15) is 38.2 Å². The highest BCUT2D eigenvalue weighted by molar-refractivity contribution is 7.92. The third-order valence-electron chi connectivity index (χ3n) is 6.17. The van der Waals surface area contributed by atoms with Gasteiger partial charge in [-0.3, -0.25) is 18.8 Å². The van der Waals surface area contributed by atoms with Crippen LogP contribution in [0.15, 0.2) is 53.4 Å². The van der Waals surface area contributed by atoms with Crippen molar-refractivity contribution in [3.8, 4) is 0 Å². The predicted octanol–water partition coefficient (Wildman–Crippen LogP) is 3.89. The lowest BCUT2D eigenvalue weighted by Gasteiger charge is -2.25. The van der Waals surface area contributed by atoms with Gasteiger partial charge < -0.3 is 0 Å². The number of para-hydroxylation sites is 1. The number of imide groups is 1. The van der Waals surface area contributed by atoms with Crippen molar-refractivity contribution in [3.63, 3.8) is 0 Å². The van der Waals surface area contributed by atoms with E-state index in [2.05, 4.69) is 0 Å². The van der Waals surface area contributed by atoms with Gasteiger partial charge in [0.1, 0.15) is 0 Å². The fraction of sp³-hybridized carbons (Fsp3) is 0.391. The second kappa shape index (κ2) is 7.87. The molecule has 30 heavy (non-hydrogen) atoms. The van der Waals surface area contributed by atoms with E-state index in [0.717, 1.165) is 25.7 Å². The Morgan fingerprint density at radius 2 is 1.57 bits per heavy atom. The molecule has 0 aromatic heterocycles. The number of aryl methyl sites for hydroxylation is 1. The van der Waals surface area contributed by atoms with Crippen molar-refractivity contribution in [2.24, 2.45) is 11.8 Å². The molecule has 4 rings (SSSR count). The maximum Gasteiger partial charge on any atom is 0.264 e. The number of sulfonamides is 1. The van der Waals surface area contributed by atoms with Crippen molar-refractivity contribution in [1.29, 1.82) is 0 Å². The Bertz CT molecular complexity index is 1060. The molecule has 2 amide bonds. The third kappa shape index (κ3) is 3.31. The van der Waals surface area contributed by atoms with Crippen molar-refractivity contribution in [2.75, 3.05) is 15.7 Å². The first kappa shape index (κ1) is 20.6. The summed E-state index contributed by atoms with van der Waals surface area (Å²) >= 11 is 0. The molecule has 158 valence electrons. The van der Waals surface area contributed by atoms with Crippen molar-refractivity contribution in [3.05, 3.63) is 54.1 Å². The van der Waals surface area contributed by atoms with Crippen LogP contribution in [-0.2, 0) is 19.6 Å². The number of anilines is 2. The number of fused-ring (bicyclic) bond motifs is 1. The molecule has 0 spiro atoms. The van der Waals surface area contributed by atoms with E-state index in [0.29, 0.717) is 16.9 Å². The molecule has 1 heterocycles. The van der Waals surface area contributed by atoms with Crippen molar-refractivity contribution in [1.82, 2.24) is 0 Å². The quantitative estimate of drug-likeness (QED) is 0.680. The molecule has 1 aliphatic carbocycles. The zero-order chi connectivity index (χ0) is 21.5. The third-order valence-corrected chi connectivity index (χ3v) is 8.22. The van der Waals surface area contributed by atoms with Crippen molar-refractivity contribution >= 4 is 33.2 Å². The average Bonchev–Trinajstić information content (AvgIpc) is 3.00. The number of rotatable bonds is 5. The number of amides is 2. The zero-order valence-electron chi connectivity index (χ0n) is 17.2. The molecule has 2 aromatic carbocycles. The molecule has 2 aromatic rings. The highest BCUT2D eigenvalue weighted by Crippen LogP contribution is 2.41. The van der Waals surface area contributed by atoms with E-state index in [9.17, 15) is 18.0 Å². The van der Waals surface area contributed by atoms with Crippen LogP contribution < -0.4 is 9.21 Å². The first-order valence-electron chi connectivity index (χ1n) is 10.4. The van der Waals surface area contributed by atoms with E-state index < -0.39 is 10.0 Å². The van der Waals surface area contributed by atoms with Crippen LogP contribution in [-0.4, -0.2) is 26.8 Å². The molecule has 1 saturated carbocycles. The van der Waals surface area contributed by atoms with Gasteiger partial charge in [-0.1, -0.05) is 37.1 Å². The number of carbonyl (C=O) groups is 2. The Labute approximate surface area is 177 Å². The molecule has 2 fully saturated rings. The lowest BCUT2D eigenvalue weighted by atomic mass is 9.81. The predicted molar refractivity (Wildman–Crippen MR) is 116 cm³/mol. The molecule has 6 nitrogen and oxygen atoms in total. The highest BCUT2D eigenvalue weighted by atomic mass is 32.2. The summed E-state index contributed by atoms with van der Waals surface area (Å²) < 4.78 is 28.3. The lowest BCUT2D eigenvalue weighted by molar-refractivity contribution is -0.122. The summed E-state index contributed by atoms with van der Waals surface area (Å²) in [5.41, 5.74) is 1.49. The highest BCUT2D eigenvalue weighted by Gasteiger charge is 2.48. The van der Waals surface area contributed by atoms with Crippen LogP contribution in [0.2, 0.25) is 0 Å². The topological polar surface area (TPSA) is 74.8 Å². The van der Waals surface area contributed by atoms with Gasteiger partial charge in [0.05, 0.1) is 28.1 Å². The van der Waals surface area contributed by atoms with Crippen LogP contribution in [0.25, 0.3) is 0 Å². The number of carbonyl (C=O) groups excluding carboxylic acids is 2. The molecule has 2 atom stereocenters. The van der Waals surface area contributed by atoms with Gasteiger partial charge in [0.25, 0.3) is 10.0 Å². The Hall–Kier alpha value is -2.67. The van der Waals surface area contributed by atoms with Gasteiger partial charge in [0.15, 0.2) is 0 Å².